The molecule has 1 N–H and O–H groups in total. The summed E-state index contributed by atoms with van der Waals surface area (Å²) < 4.78 is 18.8. The van der Waals surface area contributed by atoms with E-state index in [2.05, 4.69) is 13.2 Å². The highest BCUT2D eigenvalue weighted by Gasteiger charge is 2.36. The largest absolute Gasteiger partial charge is 0.426 e. The molecule has 0 aromatic heterocycles. The molecule has 0 saturated heterocycles. The van der Waals surface area contributed by atoms with Gasteiger partial charge in [0.15, 0.2) is 0 Å². The minimum Gasteiger partial charge on any atom is -0.426 e. The molecule has 0 radical (unpaired) electrons. The molecule has 0 bridgehead atoms. The van der Waals surface area contributed by atoms with Crippen LogP contribution in [0.2, 0.25) is 0 Å². The monoisotopic (exact) mass is 350 g/mol. The summed E-state index contributed by atoms with van der Waals surface area (Å²) in [5.74, 6) is 1.31. The average molecular weight is 350 g/mol. The van der Waals surface area contributed by atoms with Crippen molar-refractivity contribution in [1.29, 1.82) is 0 Å². The van der Waals surface area contributed by atoms with Crippen LogP contribution in [0.1, 0.15) is 66.2 Å². The van der Waals surface area contributed by atoms with Gasteiger partial charge in [-0.05, 0) is 77.2 Å². The van der Waals surface area contributed by atoms with Gasteiger partial charge in [-0.15, -0.1) is 0 Å². The topological polar surface area (TPSA) is 46.5 Å². The molecule has 2 rings (SSSR count). The van der Waals surface area contributed by atoms with Crippen LogP contribution < -0.4 is 0 Å². The molecule has 24 heavy (non-hydrogen) atoms. The highest BCUT2D eigenvalue weighted by atomic mass is 31.2. The predicted octanol–water partition coefficient (Wildman–Crippen LogP) is 6.49. The van der Waals surface area contributed by atoms with Gasteiger partial charge in [-0.3, -0.25) is 0 Å². The lowest BCUT2D eigenvalue weighted by atomic mass is 9.85. The van der Waals surface area contributed by atoms with Gasteiger partial charge in [0.1, 0.15) is 5.76 Å². The maximum Gasteiger partial charge on any atom is 0.403 e. The fourth-order valence-electron chi connectivity index (χ4n) is 3.59. The van der Waals surface area contributed by atoms with Gasteiger partial charge < -0.3 is 9.42 Å². The van der Waals surface area contributed by atoms with Gasteiger partial charge in [0.2, 0.25) is 0 Å². The van der Waals surface area contributed by atoms with Crippen LogP contribution in [-0.4, -0.2) is 4.89 Å². The van der Waals surface area contributed by atoms with Crippen molar-refractivity contribution in [3.8, 4) is 0 Å². The molecule has 2 aliphatic rings. The lowest BCUT2D eigenvalue weighted by Gasteiger charge is -2.31. The smallest absolute Gasteiger partial charge is 0.403 e. The van der Waals surface area contributed by atoms with Crippen molar-refractivity contribution < 1.29 is 14.0 Å². The molecule has 0 spiro atoms. The molecule has 3 atom stereocenters. The normalized spacial score (nSPS) is 27.7. The molecule has 1 unspecified atom stereocenters. The Kier molecular flexibility index (Phi) is 5.99. The highest BCUT2D eigenvalue weighted by Crippen LogP contribution is 2.60. The summed E-state index contributed by atoms with van der Waals surface area (Å²) in [6.45, 7) is 16.0. The number of hydrogen-bond acceptors (Lipinski definition) is 2. The Morgan fingerprint density at radius 2 is 1.54 bits per heavy atom. The van der Waals surface area contributed by atoms with E-state index >= 15 is 0 Å². The summed E-state index contributed by atoms with van der Waals surface area (Å²) >= 11 is 0. The van der Waals surface area contributed by atoms with E-state index in [1.807, 2.05) is 27.7 Å². The van der Waals surface area contributed by atoms with Crippen molar-refractivity contribution in [2.45, 2.75) is 66.2 Å². The first-order valence-corrected chi connectivity index (χ1v) is 10.4. The molecule has 0 amide bonds. The molecule has 0 saturated carbocycles. The first-order chi connectivity index (χ1) is 11.1. The number of allylic oxidation sites excluding steroid dienone is 6. The Bertz CT molecular complexity index is 654. The van der Waals surface area contributed by atoms with E-state index in [1.165, 1.54) is 0 Å². The van der Waals surface area contributed by atoms with Crippen LogP contribution in [0.4, 0.5) is 0 Å². The standard InChI is InChI=1S/C20H31O3P/c1-13(2)17-9-7-15(5)19(11-17)23-24(21,22)20-12-18(14(3)4)10-8-16(20)6/h17-18H,1,3,7-12H2,2,4-6H3,(H,21,22)/t17-,18-/m1/s1. The number of hydrogen-bond donors (Lipinski definition) is 1. The van der Waals surface area contributed by atoms with E-state index in [1.54, 1.807) is 0 Å². The van der Waals surface area contributed by atoms with E-state index in [4.69, 9.17) is 4.52 Å². The summed E-state index contributed by atoms with van der Waals surface area (Å²) in [6, 6.07) is 0. The molecular formula is C20H31O3P. The van der Waals surface area contributed by atoms with Crippen molar-refractivity contribution in [3.05, 3.63) is 46.5 Å². The molecule has 0 aliphatic heterocycles. The molecule has 0 fully saturated rings. The molecular weight excluding hydrogens is 319 g/mol. The predicted molar refractivity (Wildman–Crippen MR) is 101 cm³/mol. The Balaban J connectivity index is 2.22. The van der Waals surface area contributed by atoms with E-state index in [0.717, 1.165) is 48.0 Å². The third kappa shape index (κ3) is 4.32. The second-order valence-corrected chi connectivity index (χ2v) is 9.38. The van der Waals surface area contributed by atoms with Gasteiger partial charge in [-0.1, -0.05) is 29.9 Å². The third-order valence-electron chi connectivity index (χ3n) is 5.54. The summed E-state index contributed by atoms with van der Waals surface area (Å²) in [7, 11) is -3.81. The van der Waals surface area contributed by atoms with E-state index in [0.29, 0.717) is 29.8 Å². The van der Waals surface area contributed by atoms with E-state index in [-0.39, 0.29) is 5.92 Å². The Morgan fingerprint density at radius 3 is 2.08 bits per heavy atom. The number of rotatable bonds is 5. The summed E-state index contributed by atoms with van der Waals surface area (Å²) in [5.41, 5.74) is 4.29. The SMILES string of the molecule is C=C(C)[C@@H]1CCC(C)=C(OP(=O)(O)C2=C(C)CC[C@@H](C(=C)C)C2)C1. The van der Waals surface area contributed by atoms with Crippen molar-refractivity contribution in [3.63, 3.8) is 0 Å². The Labute approximate surface area is 146 Å². The van der Waals surface area contributed by atoms with Crippen LogP contribution in [0.5, 0.6) is 0 Å². The van der Waals surface area contributed by atoms with Crippen LogP contribution >= 0.6 is 7.60 Å². The zero-order valence-corrected chi connectivity index (χ0v) is 16.4. The fourth-order valence-corrected chi connectivity index (χ4v) is 5.28. The van der Waals surface area contributed by atoms with E-state index < -0.39 is 7.60 Å². The molecule has 0 heterocycles. The quantitative estimate of drug-likeness (QED) is 0.455. The van der Waals surface area contributed by atoms with Crippen LogP contribution in [-0.2, 0) is 9.09 Å². The van der Waals surface area contributed by atoms with Gasteiger partial charge in [0, 0.05) is 6.42 Å². The minimum atomic E-state index is -3.81. The minimum absolute atomic E-state index is 0.275. The lowest BCUT2D eigenvalue weighted by molar-refractivity contribution is 0.291. The van der Waals surface area contributed by atoms with Crippen LogP contribution in [0.3, 0.4) is 0 Å². The maximum atomic E-state index is 13.0. The van der Waals surface area contributed by atoms with Gasteiger partial charge in [-0.2, -0.15) is 0 Å². The maximum absolute atomic E-state index is 13.0. The third-order valence-corrected chi connectivity index (χ3v) is 7.26. The summed E-state index contributed by atoms with van der Waals surface area (Å²) in [5, 5.41) is 0.597. The molecule has 134 valence electrons. The zero-order valence-electron chi connectivity index (χ0n) is 15.5. The zero-order chi connectivity index (χ0) is 18.1. The van der Waals surface area contributed by atoms with Crippen molar-refractivity contribution in [1.82, 2.24) is 0 Å². The molecule has 2 aliphatic carbocycles. The van der Waals surface area contributed by atoms with Crippen molar-refractivity contribution in [2.75, 3.05) is 0 Å². The van der Waals surface area contributed by atoms with E-state index in [9.17, 15) is 9.46 Å². The van der Waals surface area contributed by atoms with Gasteiger partial charge >= 0.3 is 7.60 Å². The van der Waals surface area contributed by atoms with Crippen molar-refractivity contribution >= 4 is 7.60 Å². The molecule has 0 aromatic rings. The Hall–Kier alpha value is -1.05. The lowest BCUT2D eigenvalue weighted by Crippen LogP contribution is -2.14. The first kappa shape index (κ1) is 19.3. The Morgan fingerprint density at radius 1 is 1.04 bits per heavy atom. The second-order valence-electron chi connectivity index (χ2n) is 7.61. The molecule has 4 heteroatoms. The molecule has 3 nitrogen and oxygen atoms in total. The summed E-state index contributed by atoms with van der Waals surface area (Å²) in [4.78, 5) is 10.7. The van der Waals surface area contributed by atoms with Gasteiger partial charge in [0.25, 0.3) is 0 Å². The fraction of sp³-hybridized carbons (Fsp3) is 0.600. The van der Waals surface area contributed by atoms with Crippen LogP contribution in [0, 0.1) is 11.8 Å². The average Bonchev–Trinajstić information content (AvgIpc) is 2.49. The second kappa shape index (κ2) is 7.45. The first-order valence-electron chi connectivity index (χ1n) is 8.82. The van der Waals surface area contributed by atoms with Crippen LogP contribution in [0.15, 0.2) is 46.5 Å². The highest BCUT2D eigenvalue weighted by molar-refractivity contribution is 7.57. The van der Waals surface area contributed by atoms with Gasteiger partial charge in [-0.25, -0.2) is 4.57 Å². The van der Waals surface area contributed by atoms with Crippen LogP contribution in [0.25, 0.3) is 0 Å². The van der Waals surface area contributed by atoms with Crippen molar-refractivity contribution in [2.24, 2.45) is 11.8 Å². The summed E-state index contributed by atoms with van der Waals surface area (Å²) in [6.07, 6.45) is 5.06. The molecule has 0 aromatic carbocycles. The van der Waals surface area contributed by atoms with Gasteiger partial charge in [0.05, 0.1) is 5.31 Å².